The Kier molecular flexibility index (Phi) is 4.53. The van der Waals surface area contributed by atoms with Gasteiger partial charge in [-0.05, 0) is 55.0 Å². The summed E-state index contributed by atoms with van der Waals surface area (Å²) in [5, 5.41) is 22.1. The van der Waals surface area contributed by atoms with E-state index < -0.39 is 48.7 Å². The molecule has 7 nitrogen and oxygen atoms in total. The molecule has 0 amide bonds. The van der Waals surface area contributed by atoms with Gasteiger partial charge in [-0.15, -0.1) is 0 Å². The van der Waals surface area contributed by atoms with Gasteiger partial charge in [-0.1, -0.05) is 24.3 Å². The number of hydrogen-bond donors (Lipinski definition) is 4. The van der Waals surface area contributed by atoms with E-state index in [1.54, 1.807) is 0 Å². The lowest BCUT2D eigenvalue weighted by molar-refractivity contribution is 0.170. The monoisotopic (exact) mass is 387 g/mol. The van der Waals surface area contributed by atoms with Gasteiger partial charge in [-0.2, -0.15) is 8.42 Å². The van der Waals surface area contributed by atoms with Crippen LogP contribution in [-0.4, -0.2) is 35.7 Å². The van der Waals surface area contributed by atoms with E-state index in [4.69, 9.17) is 12.8 Å². The molecule has 2 aromatic rings. The Balaban J connectivity index is 2.18. The minimum atomic E-state index is -4.72. The van der Waals surface area contributed by atoms with Crippen molar-refractivity contribution in [3.63, 3.8) is 0 Å². The molecule has 0 spiro atoms. The number of benzene rings is 2. The van der Waals surface area contributed by atoms with Crippen molar-refractivity contribution in [1.29, 1.82) is 0 Å². The van der Waals surface area contributed by atoms with Crippen molar-refractivity contribution in [2.45, 2.75) is 31.8 Å². The first-order chi connectivity index (χ1) is 14.5. The molecule has 0 fully saturated rings. The second kappa shape index (κ2) is 9.00. The fraction of sp³-hybridized carbons (Fsp3) is 0.333. The Hall–Kier alpha value is -2.13. The SMILES string of the molecule is [2H]C([2H])([2H])C([2H])(NCC(O)c1ccc(OS(=O)(=O)O)cc1)C([2H])([2H])Cc1ccc(O)cc1. The number of aliphatic hydroxyl groups excluding tert-OH is 1. The molecule has 2 atom stereocenters. The van der Waals surface area contributed by atoms with Crippen LogP contribution in [0.25, 0.3) is 0 Å². The quantitative estimate of drug-likeness (QED) is 0.488. The van der Waals surface area contributed by atoms with Crippen molar-refractivity contribution in [1.82, 2.24) is 5.32 Å². The lowest BCUT2D eigenvalue weighted by Crippen LogP contribution is -2.30. The highest BCUT2D eigenvalue weighted by molar-refractivity contribution is 7.81. The summed E-state index contributed by atoms with van der Waals surface area (Å²) in [4.78, 5) is 0. The van der Waals surface area contributed by atoms with Crippen LogP contribution in [0, 0.1) is 0 Å². The number of aliphatic hydroxyl groups is 1. The lowest BCUT2D eigenvalue weighted by atomic mass is 10.1. The molecule has 26 heavy (non-hydrogen) atoms. The minimum Gasteiger partial charge on any atom is -0.508 e. The third-order valence-electron chi connectivity index (χ3n) is 3.34. The largest absolute Gasteiger partial charge is 0.508 e. The van der Waals surface area contributed by atoms with E-state index in [0.29, 0.717) is 5.56 Å². The number of rotatable bonds is 9. The molecule has 8 heteroatoms. The molecule has 0 aliphatic rings. The van der Waals surface area contributed by atoms with Crippen LogP contribution in [0.3, 0.4) is 0 Å². The van der Waals surface area contributed by atoms with Crippen molar-refractivity contribution in [2.24, 2.45) is 0 Å². The number of phenolic OH excluding ortho intramolecular Hbond substituents is 1. The summed E-state index contributed by atoms with van der Waals surface area (Å²) < 4.78 is 82.6. The molecule has 0 radical (unpaired) electrons. The Morgan fingerprint density at radius 1 is 1.23 bits per heavy atom. The maximum absolute atomic E-state index is 10.7. The van der Waals surface area contributed by atoms with E-state index in [-0.39, 0.29) is 17.1 Å². The van der Waals surface area contributed by atoms with Gasteiger partial charge in [0.15, 0.2) is 0 Å². The summed E-state index contributed by atoms with van der Waals surface area (Å²) in [6.07, 6.45) is -4.42. The predicted molar refractivity (Wildman–Crippen MR) is 97.5 cm³/mol. The fourth-order valence-corrected chi connectivity index (χ4v) is 2.40. The maximum Gasteiger partial charge on any atom is 0.446 e. The lowest BCUT2D eigenvalue weighted by Gasteiger charge is -2.17. The maximum atomic E-state index is 10.7. The Morgan fingerprint density at radius 3 is 2.46 bits per heavy atom. The summed E-state index contributed by atoms with van der Waals surface area (Å²) in [7, 11) is -4.72. The number of phenols is 1. The van der Waals surface area contributed by atoms with Crippen molar-refractivity contribution < 1.29 is 35.6 Å². The van der Waals surface area contributed by atoms with Gasteiger partial charge in [-0.3, -0.25) is 4.55 Å². The smallest absolute Gasteiger partial charge is 0.446 e. The molecule has 0 aromatic heterocycles. The highest BCUT2D eigenvalue weighted by Gasteiger charge is 2.11. The molecule has 0 aliphatic carbocycles. The molecule has 2 rings (SSSR count). The Morgan fingerprint density at radius 2 is 1.88 bits per heavy atom. The van der Waals surface area contributed by atoms with Crippen molar-refractivity contribution in [3.05, 3.63) is 59.7 Å². The Bertz CT molecular complexity index is 1010. The molecule has 2 unspecified atom stereocenters. The zero-order valence-electron chi connectivity index (χ0n) is 19.6. The third kappa shape index (κ3) is 7.01. The molecule has 0 saturated heterocycles. The second-order valence-corrected chi connectivity index (χ2v) is 6.39. The van der Waals surface area contributed by atoms with Gasteiger partial charge in [0.1, 0.15) is 11.5 Å². The first kappa shape index (κ1) is 13.1. The molecule has 0 heterocycles. The zero-order chi connectivity index (χ0) is 24.4. The molecule has 0 aliphatic heterocycles. The van der Waals surface area contributed by atoms with E-state index in [9.17, 15) is 18.6 Å². The van der Waals surface area contributed by atoms with Crippen LogP contribution in [0.5, 0.6) is 11.5 Å². The summed E-state index contributed by atoms with van der Waals surface area (Å²) in [5.74, 6) is -0.268. The molecule has 0 saturated carbocycles. The number of aryl methyl sites for hydroxylation is 1. The molecule has 4 N–H and O–H groups in total. The van der Waals surface area contributed by atoms with Crippen LogP contribution in [0.4, 0.5) is 0 Å². The van der Waals surface area contributed by atoms with Crippen molar-refractivity contribution in [3.8, 4) is 11.5 Å². The zero-order valence-corrected chi connectivity index (χ0v) is 14.4. The van der Waals surface area contributed by atoms with Gasteiger partial charge < -0.3 is 19.7 Å². The Labute approximate surface area is 161 Å². The topological polar surface area (TPSA) is 116 Å². The summed E-state index contributed by atoms with van der Waals surface area (Å²) in [5.41, 5.74) is 0.567. The average Bonchev–Trinajstić information content (AvgIpc) is 2.65. The predicted octanol–water partition coefficient (Wildman–Crippen LogP) is 2.22. The van der Waals surface area contributed by atoms with E-state index in [0.717, 1.165) is 12.1 Å². The van der Waals surface area contributed by atoms with E-state index >= 15 is 0 Å². The van der Waals surface area contributed by atoms with Crippen LogP contribution in [0.15, 0.2) is 48.5 Å². The van der Waals surface area contributed by atoms with Gasteiger partial charge in [0.05, 0.1) is 6.10 Å². The highest BCUT2D eigenvalue weighted by atomic mass is 32.3. The first-order valence-corrected chi connectivity index (χ1v) is 8.88. The highest BCUT2D eigenvalue weighted by Crippen LogP contribution is 2.19. The van der Waals surface area contributed by atoms with Crippen LogP contribution < -0.4 is 9.50 Å². The molecular formula is C18H23NO6S. The third-order valence-corrected chi connectivity index (χ3v) is 3.75. The normalized spacial score (nSPS) is 19.6. The van der Waals surface area contributed by atoms with Crippen LogP contribution in [0.2, 0.25) is 0 Å². The van der Waals surface area contributed by atoms with Crippen molar-refractivity contribution >= 4 is 10.4 Å². The molecule has 0 bridgehead atoms. The van der Waals surface area contributed by atoms with Crippen molar-refractivity contribution in [2.75, 3.05) is 6.54 Å². The van der Waals surface area contributed by atoms with Gasteiger partial charge in [0, 0.05) is 20.8 Å². The van der Waals surface area contributed by atoms with Gasteiger partial charge in [-0.25, -0.2) is 0 Å². The molecule has 142 valence electrons. The van der Waals surface area contributed by atoms with E-state index in [2.05, 4.69) is 9.50 Å². The minimum absolute atomic E-state index is 0.0449. The van der Waals surface area contributed by atoms with E-state index in [1.807, 2.05) is 0 Å². The number of nitrogens with one attached hydrogen (secondary N) is 1. The van der Waals surface area contributed by atoms with Gasteiger partial charge >= 0.3 is 10.4 Å². The summed E-state index contributed by atoms with van der Waals surface area (Å²) in [6.45, 7) is -3.62. The average molecular weight is 387 g/mol. The molecule has 2 aromatic carbocycles. The standard InChI is InChI=1S/C18H23NO6S/c1-13(2-3-14-4-8-16(20)9-5-14)19-12-18(21)15-6-10-17(11-7-15)25-26(22,23)24/h4-11,13,18-21H,2-3,12H2,1H3,(H,22,23,24)/i1D3,2D2,13D. The first-order valence-electron chi connectivity index (χ1n) is 10.5. The van der Waals surface area contributed by atoms with Gasteiger partial charge in [0.25, 0.3) is 0 Å². The second-order valence-electron chi connectivity index (χ2n) is 5.37. The van der Waals surface area contributed by atoms with Crippen LogP contribution >= 0.6 is 0 Å². The van der Waals surface area contributed by atoms with Gasteiger partial charge in [0.2, 0.25) is 0 Å². The molecular weight excluding hydrogens is 358 g/mol. The number of hydrogen-bond acceptors (Lipinski definition) is 6. The van der Waals surface area contributed by atoms with Crippen LogP contribution in [-0.2, 0) is 16.8 Å². The summed E-state index contributed by atoms with van der Waals surface area (Å²) in [6, 6.07) is 7.49. The fourth-order valence-electron chi connectivity index (χ4n) is 2.05. The summed E-state index contributed by atoms with van der Waals surface area (Å²) >= 11 is 0. The number of aromatic hydroxyl groups is 1. The van der Waals surface area contributed by atoms with Crippen LogP contribution in [0.1, 0.15) is 38.7 Å². The van der Waals surface area contributed by atoms with E-state index in [1.165, 1.54) is 36.4 Å².